The second-order valence-corrected chi connectivity index (χ2v) is 5.99. The molecule has 0 aromatic heterocycles. The maximum Gasteiger partial charge on any atom is 0.339 e. The first-order valence-electron chi connectivity index (χ1n) is 4.92. The number of esters is 1. The van der Waals surface area contributed by atoms with Crippen molar-refractivity contribution >= 4 is 40.8 Å². The van der Waals surface area contributed by atoms with Gasteiger partial charge in [0.25, 0.3) is 0 Å². The van der Waals surface area contributed by atoms with Crippen LogP contribution in [0.3, 0.4) is 0 Å². The van der Waals surface area contributed by atoms with Crippen LogP contribution in [-0.4, -0.2) is 24.0 Å². The van der Waals surface area contributed by atoms with E-state index in [0.717, 1.165) is 0 Å². The van der Waals surface area contributed by atoms with Crippen LogP contribution in [-0.2, 0) is 4.74 Å². The lowest BCUT2D eigenvalue weighted by Gasteiger charge is -2.19. The molecule has 0 radical (unpaired) electrons. The van der Waals surface area contributed by atoms with Crippen molar-refractivity contribution in [1.29, 1.82) is 0 Å². The third-order valence-corrected chi connectivity index (χ3v) is 3.17. The molecule has 1 aromatic carbocycles. The largest absolute Gasteiger partial charge is 0.493 e. The predicted octanol–water partition coefficient (Wildman–Crippen LogP) is 3.29. The lowest BCUT2D eigenvalue weighted by atomic mass is 10.0. The minimum absolute atomic E-state index is 0.309. The Bertz CT molecular complexity index is 496. The highest BCUT2D eigenvalue weighted by atomic mass is 35.6. The molecule has 1 aromatic rings. The van der Waals surface area contributed by atoms with Crippen LogP contribution in [0.4, 0.5) is 0 Å². The topological polar surface area (TPSA) is 44.8 Å². The monoisotopic (exact) mass is 310 g/mol. The number of alkyl halides is 3. The first-order valence-corrected chi connectivity index (χ1v) is 6.05. The van der Waals surface area contributed by atoms with Crippen LogP contribution >= 0.6 is 34.8 Å². The molecular formula is C11H9Cl3O4. The SMILES string of the molecule is COc1cc2c(cc1OC)[C@@H](C(Cl)(Cl)Cl)OC2=O. The summed E-state index contributed by atoms with van der Waals surface area (Å²) in [5.41, 5.74) is 0.779. The molecule has 0 N–H and O–H groups in total. The van der Waals surface area contributed by atoms with Gasteiger partial charge in [-0.3, -0.25) is 0 Å². The number of hydrogen-bond acceptors (Lipinski definition) is 4. The maximum absolute atomic E-state index is 11.7. The van der Waals surface area contributed by atoms with Crippen LogP contribution in [0, 0.1) is 0 Å². The Kier molecular flexibility index (Phi) is 3.54. The summed E-state index contributed by atoms with van der Waals surface area (Å²) in [5.74, 6) is 0.300. The van der Waals surface area contributed by atoms with Gasteiger partial charge in [0.2, 0.25) is 3.79 Å². The van der Waals surface area contributed by atoms with Gasteiger partial charge in [-0.1, -0.05) is 34.8 Å². The van der Waals surface area contributed by atoms with E-state index in [4.69, 9.17) is 49.0 Å². The van der Waals surface area contributed by atoms with Crippen LogP contribution in [0.25, 0.3) is 0 Å². The molecule has 2 rings (SSSR count). The number of fused-ring (bicyclic) bond motifs is 1. The summed E-state index contributed by atoms with van der Waals surface area (Å²) in [7, 11) is 2.95. The van der Waals surface area contributed by atoms with Gasteiger partial charge < -0.3 is 14.2 Å². The van der Waals surface area contributed by atoms with Gasteiger partial charge in [0.15, 0.2) is 17.6 Å². The minimum atomic E-state index is -1.74. The molecule has 0 bridgehead atoms. The minimum Gasteiger partial charge on any atom is -0.493 e. The smallest absolute Gasteiger partial charge is 0.339 e. The first kappa shape index (κ1) is 13.6. The summed E-state index contributed by atoms with van der Waals surface area (Å²) in [6.45, 7) is 0. The number of carbonyl (C=O) groups excluding carboxylic acids is 1. The maximum atomic E-state index is 11.7. The molecular weight excluding hydrogens is 302 g/mol. The molecule has 98 valence electrons. The van der Waals surface area contributed by atoms with E-state index >= 15 is 0 Å². The lowest BCUT2D eigenvalue weighted by Crippen LogP contribution is -2.16. The number of halogens is 3. The number of ether oxygens (including phenoxy) is 3. The zero-order valence-corrected chi connectivity index (χ0v) is 11.8. The van der Waals surface area contributed by atoms with Crippen molar-refractivity contribution in [3.8, 4) is 11.5 Å². The Morgan fingerprint density at radius 1 is 1.17 bits per heavy atom. The van der Waals surface area contributed by atoms with E-state index in [1.165, 1.54) is 20.3 Å². The van der Waals surface area contributed by atoms with E-state index < -0.39 is 15.9 Å². The van der Waals surface area contributed by atoms with Crippen molar-refractivity contribution in [2.45, 2.75) is 9.90 Å². The van der Waals surface area contributed by atoms with Crippen molar-refractivity contribution in [3.05, 3.63) is 23.3 Å². The normalized spacial score (nSPS) is 18.3. The molecule has 1 atom stereocenters. The quantitative estimate of drug-likeness (QED) is 0.621. The van der Waals surface area contributed by atoms with E-state index in [-0.39, 0.29) is 0 Å². The number of hydrogen-bond donors (Lipinski definition) is 0. The Morgan fingerprint density at radius 3 is 2.22 bits per heavy atom. The second-order valence-electron chi connectivity index (χ2n) is 3.62. The van der Waals surface area contributed by atoms with Gasteiger partial charge in [0.1, 0.15) is 0 Å². The third-order valence-electron chi connectivity index (χ3n) is 2.58. The van der Waals surface area contributed by atoms with Gasteiger partial charge in [0.05, 0.1) is 19.8 Å². The van der Waals surface area contributed by atoms with Crippen molar-refractivity contribution in [1.82, 2.24) is 0 Å². The number of benzene rings is 1. The van der Waals surface area contributed by atoms with Gasteiger partial charge in [-0.15, -0.1) is 0 Å². The highest BCUT2D eigenvalue weighted by molar-refractivity contribution is 6.68. The molecule has 0 aliphatic carbocycles. The zero-order chi connectivity index (χ0) is 13.5. The van der Waals surface area contributed by atoms with E-state index in [9.17, 15) is 4.79 Å². The van der Waals surface area contributed by atoms with Crippen molar-refractivity contribution in [2.24, 2.45) is 0 Å². The lowest BCUT2D eigenvalue weighted by molar-refractivity contribution is 0.0393. The predicted molar refractivity (Wildman–Crippen MR) is 68.0 cm³/mol. The zero-order valence-electron chi connectivity index (χ0n) is 9.50. The summed E-state index contributed by atoms with van der Waals surface area (Å²) in [6, 6.07) is 3.08. The average Bonchev–Trinajstić information content (AvgIpc) is 2.64. The van der Waals surface area contributed by atoms with Crippen LogP contribution in [0.15, 0.2) is 12.1 Å². The van der Waals surface area contributed by atoms with E-state index in [1.807, 2.05) is 0 Å². The number of cyclic esters (lactones) is 1. The first-order chi connectivity index (χ1) is 8.38. The van der Waals surface area contributed by atoms with Crippen molar-refractivity contribution in [3.63, 3.8) is 0 Å². The molecule has 0 spiro atoms. The van der Waals surface area contributed by atoms with Crippen LogP contribution < -0.4 is 9.47 Å². The molecule has 1 aliphatic rings. The Labute approximate surface area is 119 Å². The van der Waals surface area contributed by atoms with Gasteiger partial charge in [-0.2, -0.15) is 0 Å². The molecule has 1 aliphatic heterocycles. The summed E-state index contributed by atoms with van der Waals surface area (Å²) < 4.78 is 13.5. The Hall–Kier alpha value is -0.840. The molecule has 1 heterocycles. The van der Waals surface area contributed by atoms with Gasteiger partial charge in [0, 0.05) is 5.56 Å². The fraction of sp³-hybridized carbons (Fsp3) is 0.364. The van der Waals surface area contributed by atoms with Crippen molar-refractivity contribution in [2.75, 3.05) is 14.2 Å². The summed E-state index contributed by atoms with van der Waals surface area (Å²) >= 11 is 17.3. The molecule has 7 heteroatoms. The fourth-order valence-corrected chi connectivity index (χ4v) is 2.25. The average molecular weight is 312 g/mol. The highest BCUT2D eigenvalue weighted by Gasteiger charge is 2.45. The van der Waals surface area contributed by atoms with E-state index in [2.05, 4.69) is 0 Å². The van der Waals surface area contributed by atoms with Gasteiger partial charge >= 0.3 is 5.97 Å². The summed E-state index contributed by atoms with van der Waals surface area (Å²) in [4.78, 5) is 11.7. The van der Waals surface area contributed by atoms with Gasteiger partial charge in [-0.25, -0.2) is 4.79 Å². The highest BCUT2D eigenvalue weighted by Crippen LogP contribution is 2.49. The molecule has 4 nitrogen and oxygen atoms in total. The molecule has 0 amide bonds. The third kappa shape index (κ3) is 2.20. The Balaban J connectivity index is 2.57. The van der Waals surface area contributed by atoms with E-state index in [1.54, 1.807) is 6.07 Å². The summed E-state index contributed by atoms with van der Waals surface area (Å²) in [6.07, 6.45) is -0.954. The molecule has 18 heavy (non-hydrogen) atoms. The number of rotatable bonds is 2. The number of methoxy groups -OCH3 is 2. The van der Waals surface area contributed by atoms with Crippen LogP contribution in [0.5, 0.6) is 11.5 Å². The second kappa shape index (κ2) is 4.68. The summed E-state index contributed by atoms with van der Waals surface area (Å²) in [5, 5.41) is 0. The number of carbonyl (C=O) groups is 1. The molecule has 0 unspecified atom stereocenters. The fourth-order valence-electron chi connectivity index (χ4n) is 1.77. The Morgan fingerprint density at radius 2 is 1.72 bits per heavy atom. The molecule has 0 saturated heterocycles. The standard InChI is InChI=1S/C11H9Cl3O4/c1-16-7-3-5-6(4-8(7)17-2)10(15)18-9(5)11(12,13)14/h3-4,9H,1-2H3/t9-/m0/s1. The van der Waals surface area contributed by atoms with E-state index in [0.29, 0.717) is 22.6 Å². The van der Waals surface area contributed by atoms with Crippen molar-refractivity contribution < 1.29 is 19.0 Å². The van der Waals surface area contributed by atoms with Gasteiger partial charge in [-0.05, 0) is 12.1 Å². The van der Waals surface area contributed by atoms with Crippen LogP contribution in [0.1, 0.15) is 22.0 Å². The van der Waals surface area contributed by atoms with Crippen LogP contribution in [0.2, 0.25) is 0 Å². The molecule has 0 saturated carbocycles. The molecule has 0 fully saturated rings.